The summed E-state index contributed by atoms with van der Waals surface area (Å²) in [5.41, 5.74) is 1.16. The minimum Gasteiger partial charge on any atom is -0.380 e. The van der Waals surface area contributed by atoms with Crippen LogP contribution in [0.4, 0.5) is 11.5 Å². The topological polar surface area (TPSA) is 41.1 Å². The van der Waals surface area contributed by atoms with Crippen LogP contribution in [0.15, 0.2) is 42.7 Å². The monoisotopic (exact) mass is 274 g/mol. The van der Waals surface area contributed by atoms with Gasteiger partial charge in [-0.3, -0.25) is 4.98 Å². The second-order valence-corrected chi connectivity index (χ2v) is 5.03. The van der Waals surface area contributed by atoms with Gasteiger partial charge in [0.25, 0.3) is 0 Å². The van der Waals surface area contributed by atoms with Gasteiger partial charge in [0.05, 0.1) is 12.4 Å². The Morgan fingerprint density at radius 3 is 2.84 bits per heavy atom. The van der Waals surface area contributed by atoms with Crippen molar-refractivity contribution in [1.29, 1.82) is 0 Å². The molecule has 0 radical (unpaired) electrons. The molecule has 19 heavy (non-hydrogen) atoms. The minimum atomic E-state index is 0.434. The van der Waals surface area contributed by atoms with E-state index in [0.29, 0.717) is 11.2 Å². The number of para-hydroxylation sites is 1. The number of aromatic nitrogens is 2. The summed E-state index contributed by atoms with van der Waals surface area (Å²) in [6.07, 6.45) is 4.40. The molecule has 1 saturated heterocycles. The molecule has 0 spiro atoms. The maximum Gasteiger partial charge on any atom is 0.149 e. The van der Waals surface area contributed by atoms with Crippen LogP contribution in [-0.2, 0) is 0 Å². The van der Waals surface area contributed by atoms with Crippen LogP contribution in [0.5, 0.6) is 0 Å². The average molecular weight is 275 g/mol. The van der Waals surface area contributed by atoms with Crippen molar-refractivity contribution in [3.63, 3.8) is 0 Å². The molecule has 2 aromatic rings. The largest absolute Gasteiger partial charge is 0.380 e. The molecule has 98 valence electrons. The first-order valence-corrected chi connectivity index (χ1v) is 6.73. The van der Waals surface area contributed by atoms with Crippen LogP contribution < -0.4 is 10.2 Å². The van der Waals surface area contributed by atoms with Crippen molar-refractivity contribution >= 4 is 23.1 Å². The zero-order valence-electron chi connectivity index (χ0n) is 10.5. The first-order valence-electron chi connectivity index (χ1n) is 6.35. The van der Waals surface area contributed by atoms with Crippen molar-refractivity contribution in [2.24, 2.45) is 0 Å². The van der Waals surface area contributed by atoms with Gasteiger partial charge in [-0.15, -0.1) is 0 Å². The van der Waals surface area contributed by atoms with E-state index in [4.69, 9.17) is 11.6 Å². The zero-order chi connectivity index (χ0) is 13.1. The van der Waals surface area contributed by atoms with Gasteiger partial charge in [0.2, 0.25) is 0 Å². The van der Waals surface area contributed by atoms with Gasteiger partial charge in [0.15, 0.2) is 0 Å². The summed E-state index contributed by atoms with van der Waals surface area (Å²) in [7, 11) is 0. The summed E-state index contributed by atoms with van der Waals surface area (Å²) in [5.74, 6) is 0.852. The SMILES string of the molecule is Clc1cncc(N2CC[C@H](Nc3ccccc3)C2)n1. The molecule has 1 fully saturated rings. The highest BCUT2D eigenvalue weighted by Gasteiger charge is 2.23. The van der Waals surface area contributed by atoms with Gasteiger partial charge in [-0.05, 0) is 18.6 Å². The van der Waals surface area contributed by atoms with E-state index in [-0.39, 0.29) is 0 Å². The molecule has 0 unspecified atom stereocenters. The van der Waals surface area contributed by atoms with E-state index in [1.165, 1.54) is 0 Å². The number of hydrogen-bond acceptors (Lipinski definition) is 4. The lowest BCUT2D eigenvalue weighted by molar-refractivity contribution is 0.806. The summed E-state index contributed by atoms with van der Waals surface area (Å²) in [6, 6.07) is 10.7. The molecule has 2 heterocycles. The fourth-order valence-corrected chi connectivity index (χ4v) is 2.48. The summed E-state index contributed by atoms with van der Waals surface area (Å²) >= 11 is 5.87. The number of anilines is 2. The van der Waals surface area contributed by atoms with Crippen molar-refractivity contribution in [2.75, 3.05) is 23.3 Å². The normalized spacial score (nSPS) is 18.6. The molecule has 0 amide bonds. The molecule has 3 rings (SSSR count). The molecule has 0 bridgehead atoms. The van der Waals surface area contributed by atoms with Crippen LogP contribution in [0.25, 0.3) is 0 Å². The molecular formula is C14H15ClN4. The van der Waals surface area contributed by atoms with Crippen molar-refractivity contribution in [1.82, 2.24) is 9.97 Å². The standard InChI is InChI=1S/C14H15ClN4/c15-13-8-16-9-14(18-13)19-7-6-12(10-19)17-11-4-2-1-3-5-11/h1-5,8-9,12,17H,6-7,10H2/t12-/m0/s1. The summed E-state index contributed by atoms with van der Waals surface area (Å²) < 4.78 is 0. The van der Waals surface area contributed by atoms with E-state index in [9.17, 15) is 0 Å². The fourth-order valence-electron chi connectivity index (χ4n) is 2.34. The lowest BCUT2D eigenvalue weighted by atomic mass is 10.2. The van der Waals surface area contributed by atoms with E-state index in [0.717, 1.165) is 31.0 Å². The molecule has 5 heteroatoms. The Morgan fingerprint density at radius 1 is 1.21 bits per heavy atom. The number of nitrogens with one attached hydrogen (secondary N) is 1. The Bertz CT molecular complexity index is 546. The molecular weight excluding hydrogens is 260 g/mol. The molecule has 1 atom stereocenters. The van der Waals surface area contributed by atoms with E-state index in [1.54, 1.807) is 12.4 Å². The Labute approximate surface area is 117 Å². The zero-order valence-corrected chi connectivity index (χ0v) is 11.2. The maximum atomic E-state index is 5.87. The molecule has 1 aromatic carbocycles. The molecule has 1 N–H and O–H groups in total. The lowest BCUT2D eigenvalue weighted by Crippen LogP contribution is -2.26. The fraction of sp³-hybridized carbons (Fsp3) is 0.286. The Hall–Kier alpha value is -1.81. The molecule has 1 aromatic heterocycles. The van der Waals surface area contributed by atoms with Crippen molar-refractivity contribution in [3.05, 3.63) is 47.9 Å². The molecule has 1 aliphatic rings. The Kier molecular flexibility index (Phi) is 3.51. The van der Waals surface area contributed by atoms with Crippen LogP contribution in [0.2, 0.25) is 5.15 Å². The first-order chi connectivity index (χ1) is 9.31. The van der Waals surface area contributed by atoms with Gasteiger partial charge in [-0.25, -0.2) is 4.98 Å². The van der Waals surface area contributed by atoms with E-state index >= 15 is 0 Å². The lowest BCUT2D eigenvalue weighted by Gasteiger charge is -2.18. The van der Waals surface area contributed by atoms with Crippen LogP contribution in [0.3, 0.4) is 0 Å². The second-order valence-electron chi connectivity index (χ2n) is 4.64. The van der Waals surface area contributed by atoms with Crippen LogP contribution >= 0.6 is 11.6 Å². The predicted molar refractivity (Wildman–Crippen MR) is 77.7 cm³/mol. The number of halogens is 1. The maximum absolute atomic E-state index is 5.87. The van der Waals surface area contributed by atoms with Crippen LogP contribution in [-0.4, -0.2) is 29.1 Å². The Balaban J connectivity index is 1.64. The second kappa shape index (κ2) is 5.45. The summed E-state index contributed by atoms with van der Waals surface area (Å²) in [4.78, 5) is 10.6. The quantitative estimate of drug-likeness (QED) is 0.934. The van der Waals surface area contributed by atoms with Gasteiger partial charge in [0, 0.05) is 24.8 Å². The highest BCUT2D eigenvalue weighted by atomic mass is 35.5. The third kappa shape index (κ3) is 2.96. The molecule has 0 saturated carbocycles. The van der Waals surface area contributed by atoms with E-state index in [2.05, 4.69) is 32.3 Å². The number of hydrogen-bond donors (Lipinski definition) is 1. The van der Waals surface area contributed by atoms with Crippen molar-refractivity contribution in [3.8, 4) is 0 Å². The van der Waals surface area contributed by atoms with Gasteiger partial charge in [0.1, 0.15) is 11.0 Å². The third-order valence-corrected chi connectivity index (χ3v) is 3.43. The van der Waals surface area contributed by atoms with E-state index in [1.807, 2.05) is 18.2 Å². The van der Waals surface area contributed by atoms with Gasteiger partial charge in [-0.1, -0.05) is 29.8 Å². The third-order valence-electron chi connectivity index (χ3n) is 3.25. The van der Waals surface area contributed by atoms with Crippen molar-refractivity contribution in [2.45, 2.75) is 12.5 Å². The number of nitrogens with zero attached hydrogens (tertiary/aromatic N) is 3. The Morgan fingerprint density at radius 2 is 2.05 bits per heavy atom. The first kappa shape index (κ1) is 12.2. The van der Waals surface area contributed by atoms with Gasteiger partial charge < -0.3 is 10.2 Å². The minimum absolute atomic E-state index is 0.434. The van der Waals surface area contributed by atoms with Crippen molar-refractivity contribution < 1.29 is 0 Å². The number of rotatable bonds is 3. The number of benzene rings is 1. The average Bonchev–Trinajstić information content (AvgIpc) is 2.88. The molecule has 1 aliphatic heterocycles. The smallest absolute Gasteiger partial charge is 0.149 e. The highest BCUT2D eigenvalue weighted by Crippen LogP contribution is 2.21. The van der Waals surface area contributed by atoms with Gasteiger partial charge >= 0.3 is 0 Å². The van der Waals surface area contributed by atoms with E-state index < -0.39 is 0 Å². The molecule has 4 nitrogen and oxygen atoms in total. The summed E-state index contributed by atoms with van der Waals surface area (Å²) in [6.45, 7) is 1.89. The predicted octanol–water partition coefficient (Wildman–Crippen LogP) is 2.82. The summed E-state index contributed by atoms with van der Waals surface area (Å²) in [5, 5.41) is 3.97. The van der Waals surface area contributed by atoms with Crippen LogP contribution in [0, 0.1) is 0 Å². The van der Waals surface area contributed by atoms with Crippen LogP contribution in [0.1, 0.15) is 6.42 Å². The highest BCUT2D eigenvalue weighted by molar-refractivity contribution is 6.29. The van der Waals surface area contributed by atoms with Gasteiger partial charge in [-0.2, -0.15) is 0 Å². The molecule has 0 aliphatic carbocycles.